The van der Waals surface area contributed by atoms with Gasteiger partial charge in [-0.3, -0.25) is 19.7 Å². The fourth-order valence-electron chi connectivity index (χ4n) is 12.6. The normalized spacial score (nSPS) is 50.1. The Hall–Kier alpha value is -1.42. The maximum atomic E-state index is 13.9. The Morgan fingerprint density at radius 2 is 1.69 bits per heavy atom. The van der Waals surface area contributed by atoms with E-state index in [2.05, 4.69) is 74.9 Å². The Kier molecular flexibility index (Phi) is 7.01. The van der Waals surface area contributed by atoms with Gasteiger partial charge in [0.15, 0.2) is 0 Å². The second-order valence-electron chi connectivity index (χ2n) is 17.7. The van der Waals surface area contributed by atoms with E-state index >= 15 is 0 Å². The molecule has 5 saturated carbocycles. The van der Waals surface area contributed by atoms with E-state index in [1.165, 1.54) is 0 Å². The van der Waals surface area contributed by atoms with Crippen LogP contribution in [0.1, 0.15) is 119 Å². The van der Waals surface area contributed by atoms with Gasteiger partial charge in [-0.15, -0.1) is 0 Å². The Morgan fingerprint density at radius 3 is 2.38 bits per heavy atom. The number of ether oxygens (including phenoxy) is 1. The number of oxime groups is 1. The third-order valence-corrected chi connectivity index (χ3v) is 17.2. The molecule has 2 heterocycles. The fraction of sp³-hybridized carbons (Fsp3) is 0.857. The van der Waals surface area contributed by atoms with Crippen LogP contribution < -0.4 is 5.32 Å². The van der Waals surface area contributed by atoms with E-state index < -0.39 is 28.0 Å². The van der Waals surface area contributed by atoms with Crippen LogP contribution in [0.3, 0.4) is 0 Å². The van der Waals surface area contributed by atoms with Crippen molar-refractivity contribution in [2.45, 2.75) is 135 Å². The number of fused-ring (bicyclic) bond motifs is 4. The Bertz CT molecular complexity index is 1410. The highest BCUT2D eigenvalue weighted by atomic mass is 79.9. The second-order valence-corrected chi connectivity index (χ2v) is 20.0. The molecule has 5 aliphatic carbocycles. The van der Waals surface area contributed by atoms with Crippen LogP contribution in [0, 0.1) is 50.2 Å². The molecule has 7 aliphatic rings. The van der Waals surface area contributed by atoms with Gasteiger partial charge in [0.2, 0.25) is 5.91 Å². The zero-order valence-corrected chi connectivity index (χ0v) is 30.3. The highest BCUT2D eigenvalue weighted by molar-refractivity contribution is 9.09. The molecule has 8 nitrogen and oxygen atoms in total. The van der Waals surface area contributed by atoms with Gasteiger partial charge in [0, 0.05) is 16.7 Å². The van der Waals surface area contributed by atoms with Crippen molar-refractivity contribution >= 4 is 56.5 Å². The number of carbonyl (C=O) groups is 4. The van der Waals surface area contributed by atoms with Crippen LogP contribution in [0.5, 0.6) is 0 Å². The van der Waals surface area contributed by atoms with Crippen LogP contribution in [-0.2, 0) is 24.0 Å². The summed E-state index contributed by atoms with van der Waals surface area (Å²) < 4.78 is 6.88. The summed E-state index contributed by atoms with van der Waals surface area (Å²) in [6.45, 7) is 16.8. The maximum absolute atomic E-state index is 13.9. The molecular formula is C35H49BrN2O6S. The van der Waals surface area contributed by atoms with Crippen LogP contribution in [-0.4, -0.2) is 44.5 Å². The number of nitrogens with one attached hydrogen (secondary N) is 1. The molecule has 0 aromatic heterocycles. The number of esters is 1. The average molecular weight is 706 g/mol. The van der Waals surface area contributed by atoms with Crippen molar-refractivity contribution in [3.05, 3.63) is 0 Å². The molecule has 2 bridgehead atoms. The lowest BCUT2D eigenvalue weighted by atomic mass is 9.31. The molecule has 2 aliphatic heterocycles. The highest BCUT2D eigenvalue weighted by Gasteiger charge is 2.83. The lowest BCUT2D eigenvalue weighted by molar-refractivity contribution is -0.272. The maximum Gasteiger partial charge on any atom is 0.336 e. The SMILES string of the molecule is CC1(C)CC[C@@]23CC[C@]4(C)[C@@](OC2=O)([C@@H]3C1)[C@@H](Br)C[C@@H]1[C@@]2(C)CC/C(=N/OC(=O)C[C@H]3SC(=O)NC3=O)C(C)(C)[C@H]2CC[C@]14C. The Morgan fingerprint density at radius 1 is 0.978 bits per heavy atom. The smallest absolute Gasteiger partial charge is 0.336 e. The van der Waals surface area contributed by atoms with Crippen LogP contribution in [0.15, 0.2) is 5.16 Å². The van der Waals surface area contributed by atoms with Crippen molar-refractivity contribution in [2.24, 2.45) is 55.4 Å². The summed E-state index contributed by atoms with van der Waals surface area (Å²) in [5.41, 5.74) is -0.0848. The number of thioether (sulfide) groups is 1. The summed E-state index contributed by atoms with van der Waals surface area (Å²) in [5.74, 6) is 0.0590. The van der Waals surface area contributed by atoms with Crippen molar-refractivity contribution in [1.29, 1.82) is 0 Å². The molecule has 0 aromatic carbocycles. The van der Waals surface area contributed by atoms with E-state index in [-0.39, 0.29) is 55.6 Å². The van der Waals surface area contributed by atoms with Crippen LogP contribution >= 0.6 is 27.7 Å². The fourth-order valence-corrected chi connectivity index (χ4v) is 14.7. The monoisotopic (exact) mass is 704 g/mol. The minimum atomic E-state index is -0.763. The number of halogens is 1. The van der Waals surface area contributed by atoms with Gasteiger partial charge in [0.05, 0.1) is 22.4 Å². The van der Waals surface area contributed by atoms with Gasteiger partial charge < -0.3 is 9.57 Å². The zero-order valence-electron chi connectivity index (χ0n) is 27.8. The largest absolute Gasteiger partial charge is 0.457 e. The predicted molar refractivity (Wildman–Crippen MR) is 176 cm³/mol. The zero-order chi connectivity index (χ0) is 32.6. The third-order valence-electron chi connectivity index (χ3n) is 15.2. The van der Waals surface area contributed by atoms with Crippen LogP contribution in [0.2, 0.25) is 0 Å². The molecule has 7 rings (SSSR count). The van der Waals surface area contributed by atoms with Gasteiger partial charge in [-0.1, -0.05) is 81.3 Å². The van der Waals surface area contributed by atoms with Crippen molar-refractivity contribution in [2.75, 3.05) is 0 Å². The minimum Gasteiger partial charge on any atom is -0.457 e. The summed E-state index contributed by atoms with van der Waals surface area (Å²) in [4.78, 5) is 55.5. The molecule has 0 aromatic rings. The average Bonchev–Trinajstić information content (AvgIpc) is 3.35. The number of hydrogen-bond donors (Lipinski definition) is 1. The van der Waals surface area contributed by atoms with Gasteiger partial charge in [-0.25, -0.2) is 4.79 Å². The lowest BCUT2D eigenvalue weighted by Crippen LogP contribution is -2.75. The summed E-state index contributed by atoms with van der Waals surface area (Å²) in [6, 6.07) is 0. The summed E-state index contributed by atoms with van der Waals surface area (Å²) in [5, 5.41) is 5.45. The first kappa shape index (κ1) is 32.1. The van der Waals surface area contributed by atoms with Crippen molar-refractivity contribution in [3.63, 3.8) is 0 Å². The van der Waals surface area contributed by atoms with Gasteiger partial charge in [0.25, 0.3) is 5.24 Å². The first-order valence-corrected chi connectivity index (χ1v) is 18.8. The molecule has 0 unspecified atom stereocenters. The number of alkyl halides is 1. The quantitative estimate of drug-likeness (QED) is 0.140. The molecule has 0 radical (unpaired) electrons. The topological polar surface area (TPSA) is 111 Å². The highest BCUT2D eigenvalue weighted by Crippen LogP contribution is 2.81. The third kappa shape index (κ3) is 4.05. The first-order valence-electron chi connectivity index (χ1n) is 17.0. The summed E-state index contributed by atoms with van der Waals surface area (Å²) >= 11 is 5.10. The standard InChI is InChI=1S/C35H49BrN2O6S/c1-29(2)12-14-34-15-13-33(7)32(6)11-8-20-30(3,4)24(38-44-25(39)16-19-26(40)37-28(42)45-19)9-10-31(20,5)21(32)17-23(36)35(33,22(34)18-29)43-27(34)41/h19-23H,8-18H2,1-7H3,(H,37,40,42)/b38-24-/t19-,20-,21-,22-,23+,31+,32-,33+,34+,35-/m1/s1. The predicted octanol–water partition coefficient (Wildman–Crippen LogP) is 7.56. The molecular weight excluding hydrogens is 656 g/mol. The van der Waals surface area contributed by atoms with Crippen molar-refractivity contribution in [1.82, 2.24) is 5.32 Å². The molecule has 1 spiro atoms. The number of amides is 2. The molecule has 45 heavy (non-hydrogen) atoms. The molecule has 10 heteroatoms. The minimum absolute atomic E-state index is 0.00897. The molecule has 248 valence electrons. The van der Waals surface area contributed by atoms with E-state index in [1.807, 2.05) is 0 Å². The number of nitrogens with zero attached hydrogens (tertiary/aromatic N) is 1. The molecule has 2 saturated heterocycles. The number of hydrogen-bond acceptors (Lipinski definition) is 8. The van der Waals surface area contributed by atoms with Gasteiger partial charge in [-0.2, -0.15) is 0 Å². The molecule has 7 fully saturated rings. The number of imide groups is 1. The number of rotatable bonds is 3. The molecule has 2 amide bonds. The van der Waals surface area contributed by atoms with E-state index in [0.717, 1.165) is 81.7 Å². The van der Waals surface area contributed by atoms with E-state index in [4.69, 9.17) is 9.57 Å². The summed E-state index contributed by atoms with van der Waals surface area (Å²) in [6.07, 6.45) is 9.64. The second kappa shape index (κ2) is 9.82. The van der Waals surface area contributed by atoms with E-state index in [9.17, 15) is 19.2 Å². The molecule has 1 N–H and O–H groups in total. The Balaban J connectivity index is 1.17. The van der Waals surface area contributed by atoms with Gasteiger partial charge in [-0.05, 0) is 92.3 Å². The number of carbonyl (C=O) groups excluding carboxylic acids is 4. The van der Waals surface area contributed by atoms with Crippen molar-refractivity contribution < 1.29 is 28.8 Å². The summed E-state index contributed by atoms with van der Waals surface area (Å²) in [7, 11) is 0. The van der Waals surface area contributed by atoms with Gasteiger partial charge >= 0.3 is 11.9 Å². The van der Waals surface area contributed by atoms with E-state index in [1.54, 1.807) is 0 Å². The molecule has 10 atom stereocenters. The van der Waals surface area contributed by atoms with Crippen LogP contribution in [0.25, 0.3) is 0 Å². The lowest BCUT2D eigenvalue weighted by Gasteiger charge is -2.74. The van der Waals surface area contributed by atoms with Crippen molar-refractivity contribution in [3.8, 4) is 0 Å². The van der Waals surface area contributed by atoms with E-state index in [0.29, 0.717) is 11.8 Å². The van der Waals surface area contributed by atoms with Gasteiger partial charge in [0.1, 0.15) is 10.9 Å². The van der Waals surface area contributed by atoms with Crippen LogP contribution in [0.4, 0.5) is 4.79 Å². The first-order chi connectivity index (χ1) is 20.9. The Labute approximate surface area is 279 Å².